The Morgan fingerprint density at radius 3 is 2.86 bits per heavy atom. The van der Waals surface area contributed by atoms with Crippen molar-refractivity contribution in [3.05, 3.63) is 46.8 Å². The zero-order valence-electron chi connectivity index (χ0n) is 15.9. The lowest BCUT2D eigenvalue weighted by atomic mass is 9.92. The predicted molar refractivity (Wildman–Crippen MR) is 99.9 cm³/mol. The lowest BCUT2D eigenvalue weighted by molar-refractivity contribution is 0.0418. The van der Waals surface area contributed by atoms with Crippen LogP contribution in [0, 0.1) is 23.5 Å². The first-order chi connectivity index (χ1) is 14.1. The summed E-state index contributed by atoms with van der Waals surface area (Å²) >= 11 is 0. The molecule has 0 spiro atoms. The number of rotatable bonds is 5. The van der Waals surface area contributed by atoms with E-state index < -0.39 is 11.6 Å². The normalized spacial score (nSPS) is 24.1. The smallest absolute Gasteiger partial charge is 0.272 e. The first kappa shape index (κ1) is 18.7. The molecule has 5 rings (SSSR count). The van der Waals surface area contributed by atoms with E-state index in [4.69, 9.17) is 4.74 Å². The van der Waals surface area contributed by atoms with Gasteiger partial charge in [-0.25, -0.2) is 13.5 Å². The number of carbonyl (C=O) groups is 1. The Balaban J connectivity index is 1.46. The Hall–Kier alpha value is -2.32. The fourth-order valence-corrected chi connectivity index (χ4v) is 4.80. The van der Waals surface area contributed by atoms with E-state index in [1.807, 2.05) is 0 Å². The molecule has 29 heavy (non-hydrogen) atoms. The highest BCUT2D eigenvalue weighted by atomic mass is 19.1. The molecule has 3 atom stereocenters. The zero-order chi connectivity index (χ0) is 20.1. The van der Waals surface area contributed by atoms with Crippen molar-refractivity contribution in [2.24, 2.45) is 11.8 Å². The molecule has 1 aromatic heterocycles. The van der Waals surface area contributed by atoms with Gasteiger partial charge < -0.3 is 15.2 Å². The molecule has 0 bridgehead atoms. The van der Waals surface area contributed by atoms with E-state index in [9.17, 15) is 18.7 Å². The van der Waals surface area contributed by atoms with Crippen LogP contribution < -0.4 is 5.32 Å². The number of hydrogen-bond acceptors (Lipinski definition) is 4. The van der Waals surface area contributed by atoms with Gasteiger partial charge in [-0.1, -0.05) is 0 Å². The van der Waals surface area contributed by atoms with E-state index in [1.54, 1.807) is 0 Å². The Labute approximate surface area is 166 Å². The second kappa shape index (κ2) is 7.18. The molecule has 2 N–H and O–H groups in total. The third-order valence-electron chi connectivity index (χ3n) is 6.46. The number of ether oxygens (including phenoxy) is 1. The van der Waals surface area contributed by atoms with Crippen LogP contribution in [0.3, 0.4) is 0 Å². The molecule has 2 aromatic rings. The summed E-state index contributed by atoms with van der Waals surface area (Å²) in [6.07, 6.45) is 3.31. The van der Waals surface area contributed by atoms with Gasteiger partial charge in [-0.05, 0) is 49.7 Å². The number of carbonyl (C=O) groups excluding carboxylic acids is 1. The van der Waals surface area contributed by atoms with E-state index in [2.05, 4.69) is 10.4 Å². The second-order valence-corrected chi connectivity index (χ2v) is 8.24. The number of aliphatic hydroxyl groups is 1. The SMILES string of the molecule is O=C(N[C@H](CO)C1CCOCC1)c1nn(-c2ccc(F)cc2F)c2c1C[C@H]1C[C@@H]21. The van der Waals surface area contributed by atoms with Crippen molar-refractivity contribution in [1.82, 2.24) is 15.1 Å². The highest BCUT2D eigenvalue weighted by Gasteiger charge is 2.50. The third-order valence-corrected chi connectivity index (χ3v) is 6.46. The van der Waals surface area contributed by atoms with Gasteiger partial charge in [0.25, 0.3) is 5.91 Å². The van der Waals surface area contributed by atoms with E-state index in [0.717, 1.165) is 43.0 Å². The van der Waals surface area contributed by atoms with Crippen LogP contribution in [0.15, 0.2) is 18.2 Å². The second-order valence-electron chi connectivity index (χ2n) is 8.24. The van der Waals surface area contributed by atoms with Crippen LogP contribution in [0.1, 0.15) is 46.9 Å². The molecule has 0 unspecified atom stereocenters. The van der Waals surface area contributed by atoms with E-state index >= 15 is 0 Å². The van der Waals surface area contributed by atoms with Gasteiger partial charge in [-0.3, -0.25) is 4.79 Å². The largest absolute Gasteiger partial charge is 0.394 e. The summed E-state index contributed by atoms with van der Waals surface area (Å²) in [5.74, 6) is -0.826. The molecule has 1 aromatic carbocycles. The molecule has 1 amide bonds. The molecule has 154 valence electrons. The Morgan fingerprint density at radius 2 is 2.14 bits per heavy atom. The van der Waals surface area contributed by atoms with Crippen molar-refractivity contribution in [2.75, 3.05) is 19.8 Å². The number of aromatic nitrogens is 2. The molecule has 2 fully saturated rings. The third kappa shape index (κ3) is 3.24. The fraction of sp³-hybridized carbons (Fsp3) is 0.524. The maximum atomic E-state index is 14.4. The molecule has 1 saturated heterocycles. The molecule has 1 aliphatic heterocycles. The number of aliphatic hydroxyl groups excluding tert-OH is 1. The summed E-state index contributed by atoms with van der Waals surface area (Å²) in [6, 6.07) is 3.01. The van der Waals surface area contributed by atoms with Crippen LogP contribution in [-0.2, 0) is 11.2 Å². The molecule has 0 radical (unpaired) electrons. The number of amides is 1. The Kier molecular flexibility index (Phi) is 4.63. The number of nitrogens with one attached hydrogen (secondary N) is 1. The number of benzene rings is 1. The summed E-state index contributed by atoms with van der Waals surface area (Å²) in [6.45, 7) is 1.08. The topological polar surface area (TPSA) is 76.4 Å². The standard InChI is InChI=1S/C21H23F2N3O3/c22-13-1-2-18(16(23)9-13)26-20-14-7-12(14)8-15(20)19(25-26)21(28)24-17(10-27)11-3-5-29-6-4-11/h1-2,9,11-12,14,17,27H,3-8,10H2,(H,24,28)/t12-,14-,17-/m1/s1. The molecule has 3 aliphatic rings. The van der Waals surface area contributed by atoms with Crippen molar-refractivity contribution >= 4 is 5.91 Å². The van der Waals surface area contributed by atoms with Gasteiger partial charge in [0.05, 0.1) is 18.3 Å². The van der Waals surface area contributed by atoms with Crippen LogP contribution in [0.2, 0.25) is 0 Å². The number of halogens is 2. The van der Waals surface area contributed by atoms with Crippen molar-refractivity contribution in [2.45, 2.75) is 37.6 Å². The average molecular weight is 403 g/mol. The summed E-state index contributed by atoms with van der Waals surface area (Å²) in [7, 11) is 0. The molecule has 1 saturated carbocycles. The van der Waals surface area contributed by atoms with Crippen LogP contribution >= 0.6 is 0 Å². The molecule has 2 aliphatic carbocycles. The monoisotopic (exact) mass is 403 g/mol. The van der Waals surface area contributed by atoms with Crippen molar-refractivity contribution in [3.8, 4) is 5.69 Å². The molecule has 2 heterocycles. The first-order valence-corrected chi connectivity index (χ1v) is 10.1. The summed E-state index contributed by atoms with van der Waals surface area (Å²) in [5, 5.41) is 17.2. The van der Waals surface area contributed by atoms with Gasteiger partial charge in [0.2, 0.25) is 0 Å². The van der Waals surface area contributed by atoms with Crippen molar-refractivity contribution in [1.29, 1.82) is 0 Å². The minimum absolute atomic E-state index is 0.149. The van der Waals surface area contributed by atoms with Crippen molar-refractivity contribution < 1.29 is 23.4 Å². The van der Waals surface area contributed by atoms with E-state index in [-0.39, 0.29) is 41.8 Å². The quantitative estimate of drug-likeness (QED) is 0.804. The van der Waals surface area contributed by atoms with Crippen LogP contribution in [0.4, 0.5) is 8.78 Å². The molecular weight excluding hydrogens is 380 g/mol. The minimum atomic E-state index is -0.707. The highest BCUT2D eigenvalue weighted by molar-refractivity contribution is 5.94. The van der Waals surface area contributed by atoms with Gasteiger partial charge in [0, 0.05) is 30.8 Å². The summed E-state index contributed by atoms with van der Waals surface area (Å²) in [5.41, 5.74) is 2.13. The fourth-order valence-electron chi connectivity index (χ4n) is 4.80. The molecule has 6 nitrogen and oxygen atoms in total. The summed E-state index contributed by atoms with van der Waals surface area (Å²) in [4.78, 5) is 13.0. The average Bonchev–Trinajstić information content (AvgIpc) is 3.23. The molecular formula is C21H23F2N3O3. The Morgan fingerprint density at radius 1 is 1.34 bits per heavy atom. The maximum Gasteiger partial charge on any atom is 0.272 e. The Bertz CT molecular complexity index is 955. The maximum absolute atomic E-state index is 14.4. The summed E-state index contributed by atoms with van der Waals surface area (Å²) < 4.78 is 34.6. The van der Waals surface area contributed by atoms with Crippen molar-refractivity contribution in [3.63, 3.8) is 0 Å². The predicted octanol–water partition coefficient (Wildman–Crippen LogP) is 2.33. The van der Waals surface area contributed by atoms with Crippen LogP contribution in [0.5, 0.6) is 0 Å². The first-order valence-electron chi connectivity index (χ1n) is 10.1. The lowest BCUT2D eigenvalue weighted by Crippen LogP contribution is -2.45. The highest BCUT2D eigenvalue weighted by Crippen LogP contribution is 2.57. The number of fused-ring (bicyclic) bond motifs is 3. The molecule has 8 heteroatoms. The van der Waals surface area contributed by atoms with Crippen LogP contribution in [0.25, 0.3) is 5.69 Å². The minimum Gasteiger partial charge on any atom is -0.394 e. The van der Waals surface area contributed by atoms with Gasteiger partial charge in [-0.2, -0.15) is 5.10 Å². The van der Waals surface area contributed by atoms with Crippen LogP contribution in [-0.4, -0.2) is 46.7 Å². The van der Waals surface area contributed by atoms with Gasteiger partial charge in [0.15, 0.2) is 11.5 Å². The zero-order valence-corrected chi connectivity index (χ0v) is 15.9. The van der Waals surface area contributed by atoms with Gasteiger partial charge in [-0.15, -0.1) is 0 Å². The number of nitrogens with zero attached hydrogens (tertiary/aromatic N) is 2. The van der Waals surface area contributed by atoms with E-state index in [1.165, 1.54) is 16.8 Å². The van der Waals surface area contributed by atoms with E-state index in [0.29, 0.717) is 19.1 Å². The van der Waals surface area contributed by atoms with Gasteiger partial charge >= 0.3 is 0 Å². The number of hydrogen-bond donors (Lipinski definition) is 2. The lowest BCUT2D eigenvalue weighted by Gasteiger charge is -2.29. The van der Waals surface area contributed by atoms with Gasteiger partial charge in [0.1, 0.15) is 11.5 Å².